The quantitative estimate of drug-likeness (QED) is 0.737. The van der Waals surface area contributed by atoms with E-state index < -0.39 is 0 Å². The molecule has 5 heteroatoms. The lowest BCUT2D eigenvalue weighted by Gasteiger charge is -2.10. The van der Waals surface area contributed by atoms with Gasteiger partial charge >= 0.3 is 0 Å². The third-order valence-corrected chi connectivity index (χ3v) is 3.40. The Morgan fingerprint density at radius 1 is 1.18 bits per heavy atom. The van der Waals surface area contributed by atoms with Gasteiger partial charge in [-0.15, -0.1) is 0 Å². The molecule has 118 valence electrons. The largest absolute Gasteiger partial charge is 0.493 e. The van der Waals surface area contributed by atoms with Crippen molar-refractivity contribution in [2.75, 3.05) is 14.2 Å². The van der Waals surface area contributed by atoms with E-state index in [1.807, 2.05) is 22.9 Å². The smallest absolute Gasteiger partial charge is 0.161 e. The van der Waals surface area contributed by atoms with Crippen LogP contribution in [0.5, 0.6) is 11.5 Å². The van der Waals surface area contributed by atoms with E-state index in [-0.39, 0.29) is 0 Å². The Morgan fingerprint density at radius 3 is 2.64 bits per heavy atom. The van der Waals surface area contributed by atoms with Crippen molar-refractivity contribution in [1.29, 1.82) is 0 Å². The average Bonchev–Trinajstić information content (AvgIpc) is 2.94. The van der Waals surface area contributed by atoms with Crippen LogP contribution in [0.2, 0.25) is 0 Å². The summed E-state index contributed by atoms with van der Waals surface area (Å²) in [6, 6.07) is 5.90. The van der Waals surface area contributed by atoms with Crippen LogP contribution in [0.1, 0.15) is 31.7 Å². The Kier molecular flexibility index (Phi) is 5.58. The summed E-state index contributed by atoms with van der Waals surface area (Å²) >= 11 is 0. The lowest BCUT2D eigenvalue weighted by molar-refractivity contribution is 0.354. The molecule has 22 heavy (non-hydrogen) atoms. The second kappa shape index (κ2) is 7.64. The van der Waals surface area contributed by atoms with Crippen molar-refractivity contribution in [2.45, 2.75) is 33.2 Å². The first-order valence-electron chi connectivity index (χ1n) is 7.35. The van der Waals surface area contributed by atoms with Crippen LogP contribution in [0.3, 0.4) is 0 Å². The summed E-state index contributed by atoms with van der Waals surface area (Å²) in [4.78, 5) is 4.35. The lowest BCUT2D eigenvalue weighted by Crippen LogP contribution is -2.07. The number of methoxy groups -OCH3 is 2. The Balaban J connectivity index is 2.11. The Morgan fingerprint density at radius 2 is 1.95 bits per heavy atom. The summed E-state index contributed by atoms with van der Waals surface area (Å²) in [6.07, 6.45) is 5.69. The van der Waals surface area contributed by atoms with Gasteiger partial charge in [0.1, 0.15) is 12.2 Å². The zero-order valence-corrected chi connectivity index (χ0v) is 13.7. The number of nitrogens with zero attached hydrogens (tertiary/aromatic N) is 3. The fourth-order valence-electron chi connectivity index (χ4n) is 2.26. The van der Waals surface area contributed by atoms with Crippen molar-refractivity contribution in [3.63, 3.8) is 0 Å². The van der Waals surface area contributed by atoms with E-state index in [2.05, 4.69) is 30.0 Å². The number of aryl methyl sites for hydroxylation is 1. The Hall–Kier alpha value is -2.30. The molecule has 0 aliphatic carbocycles. The third-order valence-electron chi connectivity index (χ3n) is 3.40. The molecular weight excluding hydrogens is 278 g/mol. The van der Waals surface area contributed by atoms with Crippen molar-refractivity contribution in [2.24, 2.45) is 0 Å². The van der Waals surface area contributed by atoms with Crippen molar-refractivity contribution >= 4 is 0 Å². The highest BCUT2D eigenvalue weighted by Crippen LogP contribution is 2.27. The Bertz CT molecular complexity index is 643. The predicted octanol–water partition coefficient (Wildman–Crippen LogP) is 3.24. The molecule has 2 rings (SSSR count). The summed E-state index contributed by atoms with van der Waals surface area (Å²) in [5.74, 6) is 2.45. The van der Waals surface area contributed by atoms with Gasteiger partial charge in [0.05, 0.1) is 20.8 Å². The molecule has 1 aromatic heterocycles. The number of hydrogen-bond acceptors (Lipinski definition) is 4. The first kappa shape index (κ1) is 16.1. The van der Waals surface area contributed by atoms with Gasteiger partial charge < -0.3 is 9.47 Å². The van der Waals surface area contributed by atoms with Crippen LogP contribution in [0.15, 0.2) is 36.2 Å². The topological polar surface area (TPSA) is 49.2 Å². The van der Waals surface area contributed by atoms with Crippen LogP contribution in [-0.2, 0) is 13.0 Å². The van der Waals surface area contributed by atoms with E-state index >= 15 is 0 Å². The van der Waals surface area contributed by atoms with Gasteiger partial charge in [-0.2, -0.15) is 5.10 Å². The molecule has 0 atom stereocenters. The highest BCUT2D eigenvalue weighted by Gasteiger charge is 2.08. The maximum Gasteiger partial charge on any atom is 0.161 e. The molecule has 0 fully saturated rings. The molecule has 0 spiro atoms. The van der Waals surface area contributed by atoms with E-state index in [1.165, 1.54) is 5.57 Å². The van der Waals surface area contributed by atoms with Gasteiger partial charge in [0.25, 0.3) is 0 Å². The van der Waals surface area contributed by atoms with Crippen LogP contribution in [0.25, 0.3) is 0 Å². The molecule has 0 aliphatic rings. The number of aromatic nitrogens is 3. The minimum atomic E-state index is 0.671. The first-order valence-corrected chi connectivity index (χ1v) is 7.35. The SMILES string of the molecule is COc1ccc(Cn2ncnc2CCC=C(C)C)cc1OC. The second-order valence-corrected chi connectivity index (χ2v) is 5.34. The molecule has 0 radical (unpaired) electrons. The molecule has 2 aromatic rings. The zero-order valence-electron chi connectivity index (χ0n) is 13.7. The number of rotatable bonds is 7. The van der Waals surface area contributed by atoms with Crippen LogP contribution in [0.4, 0.5) is 0 Å². The van der Waals surface area contributed by atoms with Gasteiger partial charge in [0.2, 0.25) is 0 Å². The number of ether oxygens (including phenoxy) is 2. The van der Waals surface area contributed by atoms with Gasteiger partial charge in [-0.25, -0.2) is 9.67 Å². The van der Waals surface area contributed by atoms with Crippen LogP contribution >= 0.6 is 0 Å². The molecule has 0 saturated carbocycles. The molecule has 0 saturated heterocycles. The average molecular weight is 301 g/mol. The number of hydrogen-bond donors (Lipinski definition) is 0. The van der Waals surface area contributed by atoms with Gasteiger partial charge in [0, 0.05) is 6.42 Å². The van der Waals surface area contributed by atoms with E-state index in [0.717, 1.165) is 35.7 Å². The monoisotopic (exact) mass is 301 g/mol. The highest BCUT2D eigenvalue weighted by atomic mass is 16.5. The minimum absolute atomic E-state index is 0.671. The number of allylic oxidation sites excluding steroid dienone is 2. The fourth-order valence-corrected chi connectivity index (χ4v) is 2.26. The molecule has 5 nitrogen and oxygen atoms in total. The molecule has 0 unspecified atom stereocenters. The zero-order chi connectivity index (χ0) is 15.9. The lowest BCUT2D eigenvalue weighted by atomic mass is 10.2. The van der Waals surface area contributed by atoms with Crippen molar-refractivity contribution in [3.8, 4) is 11.5 Å². The molecule has 0 N–H and O–H groups in total. The second-order valence-electron chi connectivity index (χ2n) is 5.34. The van der Waals surface area contributed by atoms with Gasteiger partial charge in [0.15, 0.2) is 11.5 Å². The Labute approximate surface area is 131 Å². The minimum Gasteiger partial charge on any atom is -0.493 e. The first-order chi connectivity index (χ1) is 10.6. The van der Waals surface area contributed by atoms with Crippen molar-refractivity contribution in [1.82, 2.24) is 14.8 Å². The summed E-state index contributed by atoms with van der Waals surface area (Å²) in [6.45, 7) is 4.88. The van der Waals surface area contributed by atoms with Gasteiger partial charge in [-0.1, -0.05) is 17.7 Å². The van der Waals surface area contributed by atoms with Crippen molar-refractivity contribution < 1.29 is 9.47 Å². The molecule has 1 aromatic carbocycles. The summed E-state index contributed by atoms with van der Waals surface area (Å²) < 4.78 is 12.5. The summed E-state index contributed by atoms with van der Waals surface area (Å²) in [5, 5.41) is 4.32. The predicted molar refractivity (Wildman–Crippen MR) is 86.4 cm³/mol. The van der Waals surface area contributed by atoms with Crippen LogP contribution in [0, 0.1) is 0 Å². The fraction of sp³-hybridized carbons (Fsp3) is 0.412. The molecular formula is C17H23N3O2. The maximum atomic E-state index is 5.34. The normalized spacial score (nSPS) is 10.4. The molecule has 0 aliphatic heterocycles. The molecule has 0 amide bonds. The van der Waals surface area contributed by atoms with Gasteiger partial charge in [-0.3, -0.25) is 0 Å². The summed E-state index contributed by atoms with van der Waals surface area (Å²) in [7, 11) is 3.28. The van der Waals surface area contributed by atoms with Crippen LogP contribution < -0.4 is 9.47 Å². The van der Waals surface area contributed by atoms with E-state index in [4.69, 9.17) is 9.47 Å². The standard InChI is InChI=1S/C17H23N3O2/c1-13(2)6-5-7-17-18-12-19-20(17)11-14-8-9-15(21-3)16(10-14)22-4/h6,8-10,12H,5,7,11H2,1-4H3. The van der Waals surface area contributed by atoms with Gasteiger partial charge in [-0.05, 0) is 38.0 Å². The van der Waals surface area contributed by atoms with E-state index in [0.29, 0.717) is 6.54 Å². The van der Waals surface area contributed by atoms with Crippen LogP contribution in [-0.4, -0.2) is 29.0 Å². The summed E-state index contributed by atoms with van der Waals surface area (Å²) in [5.41, 5.74) is 2.43. The number of benzene rings is 1. The van der Waals surface area contributed by atoms with E-state index in [9.17, 15) is 0 Å². The van der Waals surface area contributed by atoms with Crippen molar-refractivity contribution in [3.05, 3.63) is 47.6 Å². The molecule has 1 heterocycles. The van der Waals surface area contributed by atoms with E-state index in [1.54, 1.807) is 20.5 Å². The third kappa shape index (κ3) is 4.10. The molecule has 0 bridgehead atoms. The highest BCUT2D eigenvalue weighted by molar-refractivity contribution is 5.42. The maximum absolute atomic E-state index is 5.34.